The summed E-state index contributed by atoms with van der Waals surface area (Å²) >= 11 is 0. The first-order chi connectivity index (χ1) is 14.8. The lowest BCUT2D eigenvalue weighted by molar-refractivity contribution is 0.239. The van der Waals surface area contributed by atoms with Crippen molar-refractivity contribution in [2.75, 3.05) is 0 Å². The first kappa shape index (κ1) is 19.9. The third-order valence-electron chi connectivity index (χ3n) is 4.83. The van der Waals surface area contributed by atoms with E-state index in [4.69, 9.17) is 0 Å². The van der Waals surface area contributed by atoms with Gasteiger partial charge in [0.05, 0.1) is 17.9 Å². The molecule has 0 unspecified atom stereocenters. The number of benzene rings is 1. The standard InChI is InChI=1S/C24H26N6/c1-3-11-26-22(5-1)16-25-15-20-7-9-21(10-8-20)17-30(19-24-28-13-14-29-24)18-23-6-2-4-12-27-23/h1-14,25H,15-19H2,(H,28,29). The molecule has 0 radical (unpaired) electrons. The Morgan fingerprint density at radius 1 is 0.667 bits per heavy atom. The van der Waals surface area contributed by atoms with E-state index in [1.54, 1.807) is 6.20 Å². The zero-order valence-electron chi connectivity index (χ0n) is 16.9. The lowest BCUT2D eigenvalue weighted by Crippen LogP contribution is -2.23. The van der Waals surface area contributed by atoms with Crippen LogP contribution in [0.2, 0.25) is 0 Å². The molecule has 0 spiro atoms. The summed E-state index contributed by atoms with van der Waals surface area (Å²) in [6.45, 7) is 3.94. The molecule has 2 N–H and O–H groups in total. The van der Waals surface area contributed by atoms with Crippen molar-refractivity contribution < 1.29 is 0 Å². The van der Waals surface area contributed by atoms with Crippen molar-refractivity contribution in [2.45, 2.75) is 32.7 Å². The van der Waals surface area contributed by atoms with Gasteiger partial charge in [0.1, 0.15) is 5.82 Å². The average Bonchev–Trinajstić information content (AvgIpc) is 3.29. The molecule has 6 nitrogen and oxygen atoms in total. The van der Waals surface area contributed by atoms with Crippen molar-refractivity contribution in [2.24, 2.45) is 0 Å². The van der Waals surface area contributed by atoms with Crippen LogP contribution in [0.1, 0.15) is 28.3 Å². The molecule has 152 valence electrons. The molecule has 0 saturated carbocycles. The number of nitrogens with zero attached hydrogens (tertiary/aromatic N) is 4. The predicted octanol–water partition coefficient (Wildman–Crippen LogP) is 3.69. The van der Waals surface area contributed by atoms with Crippen LogP contribution in [-0.4, -0.2) is 24.8 Å². The van der Waals surface area contributed by atoms with Gasteiger partial charge in [0.2, 0.25) is 0 Å². The zero-order valence-corrected chi connectivity index (χ0v) is 16.9. The minimum Gasteiger partial charge on any atom is -0.348 e. The van der Waals surface area contributed by atoms with E-state index in [1.807, 2.05) is 48.9 Å². The molecule has 0 amide bonds. The van der Waals surface area contributed by atoms with Crippen molar-refractivity contribution in [1.82, 2.24) is 30.2 Å². The lowest BCUT2D eigenvalue weighted by atomic mass is 10.1. The van der Waals surface area contributed by atoms with Gasteiger partial charge in [0, 0.05) is 51.0 Å². The number of hydrogen-bond acceptors (Lipinski definition) is 5. The fraction of sp³-hybridized carbons (Fsp3) is 0.208. The summed E-state index contributed by atoms with van der Waals surface area (Å²) < 4.78 is 0. The molecular weight excluding hydrogens is 372 g/mol. The highest BCUT2D eigenvalue weighted by molar-refractivity contribution is 5.22. The normalized spacial score (nSPS) is 11.1. The zero-order chi connectivity index (χ0) is 20.4. The quantitative estimate of drug-likeness (QED) is 0.426. The Kier molecular flexibility index (Phi) is 6.94. The van der Waals surface area contributed by atoms with Crippen molar-refractivity contribution >= 4 is 0 Å². The van der Waals surface area contributed by atoms with Gasteiger partial charge in [0.15, 0.2) is 0 Å². The summed E-state index contributed by atoms with van der Waals surface area (Å²) in [5.41, 5.74) is 4.64. The number of rotatable bonds is 10. The third kappa shape index (κ3) is 6.07. The maximum absolute atomic E-state index is 4.48. The van der Waals surface area contributed by atoms with Gasteiger partial charge in [-0.3, -0.25) is 14.9 Å². The summed E-state index contributed by atoms with van der Waals surface area (Å²) in [6, 6.07) is 20.8. The summed E-state index contributed by atoms with van der Waals surface area (Å²) in [7, 11) is 0. The van der Waals surface area contributed by atoms with Crippen molar-refractivity contribution in [3.63, 3.8) is 0 Å². The number of H-pyrrole nitrogens is 1. The fourth-order valence-electron chi connectivity index (χ4n) is 3.34. The number of aromatic amines is 1. The van der Waals surface area contributed by atoms with Crippen LogP contribution >= 0.6 is 0 Å². The van der Waals surface area contributed by atoms with Crippen molar-refractivity contribution in [3.05, 3.63) is 114 Å². The van der Waals surface area contributed by atoms with Crippen LogP contribution in [0, 0.1) is 0 Å². The minimum atomic E-state index is 0.747. The first-order valence-electron chi connectivity index (χ1n) is 10.1. The molecular formula is C24H26N6. The van der Waals surface area contributed by atoms with E-state index < -0.39 is 0 Å². The predicted molar refractivity (Wildman–Crippen MR) is 117 cm³/mol. The highest BCUT2D eigenvalue weighted by atomic mass is 15.2. The SMILES string of the molecule is c1ccc(CNCc2ccc(CN(Cc3ccccn3)Cc3ncc[nH]3)cc2)nc1. The number of nitrogens with one attached hydrogen (secondary N) is 2. The fourth-order valence-corrected chi connectivity index (χ4v) is 3.34. The Labute approximate surface area is 177 Å². The minimum absolute atomic E-state index is 0.747. The van der Waals surface area contributed by atoms with Crippen LogP contribution in [0.25, 0.3) is 0 Å². The second-order valence-corrected chi connectivity index (χ2v) is 7.24. The lowest BCUT2D eigenvalue weighted by Gasteiger charge is -2.21. The smallest absolute Gasteiger partial charge is 0.120 e. The maximum Gasteiger partial charge on any atom is 0.120 e. The Balaban J connectivity index is 1.35. The van der Waals surface area contributed by atoms with Gasteiger partial charge in [-0.25, -0.2) is 4.98 Å². The van der Waals surface area contributed by atoms with Gasteiger partial charge >= 0.3 is 0 Å². The van der Waals surface area contributed by atoms with Gasteiger partial charge in [-0.05, 0) is 35.4 Å². The number of pyridine rings is 2. The molecule has 1 aromatic carbocycles. The molecule has 0 aliphatic heterocycles. The van der Waals surface area contributed by atoms with Crippen LogP contribution in [-0.2, 0) is 32.7 Å². The highest BCUT2D eigenvalue weighted by Gasteiger charge is 2.10. The van der Waals surface area contributed by atoms with Gasteiger partial charge in [-0.2, -0.15) is 0 Å². The van der Waals surface area contributed by atoms with Crippen molar-refractivity contribution in [3.8, 4) is 0 Å². The van der Waals surface area contributed by atoms with E-state index >= 15 is 0 Å². The van der Waals surface area contributed by atoms with Gasteiger partial charge in [-0.15, -0.1) is 0 Å². The molecule has 4 aromatic rings. The monoisotopic (exact) mass is 398 g/mol. The van der Waals surface area contributed by atoms with E-state index in [9.17, 15) is 0 Å². The molecule has 4 rings (SSSR count). The highest BCUT2D eigenvalue weighted by Crippen LogP contribution is 2.13. The molecule has 0 saturated heterocycles. The first-order valence-corrected chi connectivity index (χ1v) is 10.1. The number of imidazole rings is 1. The summed E-state index contributed by atoms with van der Waals surface area (Å²) in [6.07, 6.45) is 7.32. The van der Waals surface area contributed by atoms with Crippen LogP contribution in [0.3, 0.4) is 0 Å². The largest absolute Gasteiger partial charge is 0.348 e. The van der Waals surface area contributed by atoms with E-state index in [-0.39, 0.29) is 0 Å². The van der Waals surface area contributed by atoms with Crippen LogP contribution in [0.15, 0.2) is 85.5 Å². The third-order valence-corrected chi connectivity index (χ3v) is 4.83. The molecule has 0 fully saturated rings. The van der Waals surface area contributed by atoms with Crippen LogP contribution in [0.4, 0.5) is 0 Å². The van der Waals surface area contributed by atoms with Gasteiger partial charge < -0.3 is 10.3 Å². The van der Waals surface area contributed by atoms with E-state index in [0.29, 0.717) is 0 Å². The van der Waals surface area contributed by atoms with Gasteiger partial charge in [-0.1, -0.05) is 36.4 Å². The molecule has 3 heterocycles. The summed E-state index contributed by atoms with van der Waals surface area (Å²) in [4.78, 5) is 18.7. The molecule has 0 aliphatic carbocycles. The summed E-state index contributed by atoms with van der Waals surface area (Å²) in [5, 5.41) is 3.45. The Bertz CT molecular complexity index is 985. The summed E-state index contributed by atoms with van der Waals surface area (Å²) in [5.74, 6) is 0.960. The second-order valence-electron chi connectivity index (χ2n) is 7.24. The molecule has 0 bridgehead atoms. The molecule has 6 heteroatoms. The van der Waals surface area contributed by atoms with Gasteiger partial charge in [0.25, 0.3) is 0 Å². The maximum atomic E-state index is 4.48. The number of hydrogen-bond donors (Lipinski definition) is 2. The van der Waals surface area contributed by atoms with Crippen LogP contribution in [0.5, 0.6) is 0 Å². The Morgan fingerprint density at radius 2 is 1.40 bits per heavy atom. The average molecular weight is 399 g/mol. The topological polar surface area (TPSA) is 69.7 Å². The van der Waals surface area contributed by atoms with Crippen molar-refractivity contribution in [1.29, 1.82) is 0 Å². The Morgan fingerprint density at radius 3 is 2.07 bits per heavy atom. The molecule has 0 aliphatic rings. The second kappa shape index (κ2) is 10.4. The van der Waals surface area contributed by atoms with E-state index in [1.165, 1.54) is 11.1 Å². The molecule has 30 heavy (non-hydrogen) atoms. The molecule has 3 aromatic heterocycles. The number of aromatic nitrogens is 4. The Hall–Kier alpha value is -3.35. The van der Waals surface area contributed by atoms with E-state index in [2.05, 4.69) is 60.5 Å². The van der Waals surface area contributed by atoms with E-state index in [0.717, 1.165) is 49.9 Å². The molecule has 0 atom stereocenters. The van der Waals surface area contributed by atoms with Crippen LogP contribution < -0.4 is 5.32 Å².